The summed E-state index contributed by atoms with van der Waals surface area (Å²) >= 11 is 0. The molecule has 0 atom stereocenters. The van der Waals surface area contributed by atoms with Crippen LogP contribution in [0.5, 0.6) is 0 Å². The molecule has 0 saturated carbocycles. The summed E-state index contributed by atoms with van der Waals surface area (Å²) in [5.41, 5.74) is 6.77. The fourth-order valence-electron chi connectivity index (χ4n) is 1.88. The molecule has 0 aliphatic heterocycles. The van der Waals surface area contributed by atoms with Crippen LogP contribution < -0.4 is 15.8 Å². The predicted molar refractivity (Wildman–Crippen MR) is 80.0 cm³/mol. The van der Waals surface area contributed by atoms with Crippen molar-refractivity contribution in [2.24, 2.45) is 0 Å². The van der Waals surface area contributed by atoms with Gasteiger partial charge < -0.3 is 11.1 Å². The number of benzene rings is 1. The first kappa shape index (κ1) is 16.5. The highest BCUT2D eigenvalue weighted by atomic mass is 32.2. The molecule has 0 aliphatic carbocycles. The number of hydrogen-bond acceptors (Lipinski definition) is 4. The molecule has 20 heavy (non-hydrogen) atoms. The highest BCUT2D eigenvalue weighted by molar-refractivity contribution is 7.88. The third-order valence-electron chi connectivity index (χ3n) is 2.65. The van der Waals surface area contributed by atoms with Crippen molar-refractivity contribution in [1.82, 2.24) is 10.0 Å². The first-order chi connectivity index (χ1) is 9.00. The summed E-state index contributed by atoms with van der Waals surface area (Å²) < 4.78 is 24.9. The van der Waals surface area contributed by atoms with Crippen LogP contribution in [0.15, 0.2) is 18.2 Å². The molecule has 1 aromatic carbocycles. The lowest BCUT2D eigenvalue weighted by Gasteiger charge is -2.25. The first-order valence-electron chi connectivity index (χ1n) is 6.13. The first-order valence-corrected chi connectivity index (χ1v) is 8.03. The number of anilines is 1. The van der Waals surface area contributed by atoms with Crippen LogP contribution in [0.4, 0.5) is 5.69 Å². The summed E-state index contributed by atoms with van der Waals surface area (Å²) in [5, 5.41) is 2.72. The maximum Gasteiger partial charge on any atom is 0.251 e. The Kier molecular flexibility index (Phi) is 4.77. The molecule has 0 aromatic heterocycles. The SMILES string of the molecule is Cc1cc(N)ccc1C(=O)NCC(C)(C)NS(C)(=O)=O. The molecule has 0 unspecified atom stereocenters. The van der Waals surface area contributed by atoms with Gasteiger partial charge in [-0.2, -0.15) is 0 Å². The summed E-state index contributed by atoms with van der Waals surface area (Å²) in [6.07, 6.45) is 1.08. The second-order valence-electron chi connectivity index (χ2n) is 5.52. The quantitative estimate of drug-likeness (QED) is 0.694. The van der Waals surface area contributed by atoms with Crippen LogP contribution in [0.1, 0.15) is 29.8 Å². The van der Waals surface area contributed by atoms with Crippen LogP contribution >= 0.6 is 0 Å². The molecule has 1 aromatic rings. The van der Waals surface area contributed by atoms with Gasteiger partial charge in [0.15, 0.2) is 0 Å². The van der Waals surface area contributed by atoms with E-state index >= 15 is 0 Å². The number of nitrogens with one attached hydrogen (secondary N) is 2. The van der Waals surface area contributed by atoms with Crippen molar-refractivity contribution in [2.75, 3.05) is 18.5 Å². The van der Waals surface area contributed by atoms with Gasteiger partial charge in [0.05, 0.1) is 6.26 Å². The summed E-state index contributed by atoms with van der Waals surface area (Å²) in [4.78, 5) is 12.1. The number of sulfonamides is 1. The summed E-state index contributed by atoms with van der Waals surface area (Å²) in [5.74, 6) is -0.258. The molecule has 0 saturated heterocycles. The van der Waals surface area contributed by atoms with Crippen molar-refractivity contribution in [3.05, 3.63) is 29.3 Å². The molecule has 0 fully saturated rings. The van der Waals surface area contributed by atoms with E-state index in [9.17, 15) is 13.2 Å². The Morgan fingerprint density at radius 1 is 1.35 bits per heavy atom. The molecule has 7 heteroatoms. The Bertz CT molecular complexity index is 609. The molecule has 0 aliphatic rings. The maximum atomic E-state index is 12.1. The van der Waals surface area contributed by atoms with E-state index in [0.717, 1.165) is 11.8 Å². The van der Waals surface area contributed by atoms with Gasteiger partial charge in [0.25, 0.3) is 5.91 Å². The minimum absolute atomic E-state index is 0.183. The Hall–Kier alpha value is -1.60. The van der Waals surface area contributed by atoms with E-state index in [1.165, 1.54) is 0 Å². The van der Waals surface area contributed by atoms with E-state index in [0.29, 0.717) is 11.3 Å². The van der Waals surface area contributed by atoms with E-state index in [4.69, 9.17) is 5.73 Å². The highest BCUT2D eigenvalue weighted by Crippen LogP contribution is 2.12. The zero-order valence-corrected chi connectivity index (χ0v) is 13.0. The summed E-state index contributed by atoms with van der Waals surface area (Å²) in [6.45, 7) is 5.38. The van der Waals surface area contributed by atoms with Gasteiger partial charge in [0.2, 0.25) is 10.0 Å². The fraction of sp³-hybridized carbons (Fsp3) is 0.462. The third-order valence-corrected chi connectivity index (χ3v) is 3.57. The molecular formula is C13H21N3O3S. The number of carbonyl (C=O) groups is 1. The minimum atomic E-state index is -3.33. The summed E-state index contributed by atoms with van der Waals surface area (Å²) in [6, 6.07) is 5.02. The molecule has 4 N–H and O–H groups in total. The lowest BCUT2D eigenvalue weighted by molar-refractivity contribution is 0.0944. The number of nitrogens with two attached hydrogens (primary N) is 1. The number of nitrogen functional groups attached to an aromatic ring is 1. The molecule has 1 amide bonds. The Morgan fingerprint density at radius 3 is 2.45 bits per heavy atom. The van der Waals surface area contributed by atoms with Gasteiger partial charge in [0.1, 0.15) is 0 Å². The number of amides is 1. The normalized spacial score (nSPS) is 12.2. The molecule has 0 radical (unpaired) electrons. The molecule has 1 rings (SSSR count). The van der Waals surface area contributed by atoms with Crippen molar-refractivity contribution < 1.29 is 13.2 Å². The van der Waals surface area contributed by atoms with Crippen LogP contribution in [-0.4, -0.2) is 32.7 Å². The molecule has 0 spiro atoms. The number of aryl methyl sites for hydroxylation is 1. The average Bonchev–Trinajstić information content (AvgIpc) is 2.22. The van der Waals surface area contributed by atoms with E-state index in [1.54, 1.807) is 39.0 Å². The van der Waals surface area contributed by atoms with E-state index in [2.05, 4.69) is 10.0 Å². The average molecular weight is 299 g/mol. The van der Waals surface area contributed by atoms with Gasteiger partial charge in [0, 0.05) is 23.3 Å². The third kappa shape index (κ3) is 5.18. The molecule has 0 heterocycles. The fourth-order valence-corrected chi connectivity index (χ4v) is 2.95. The van der Waals surface area contributed by atoms with E-state index < -0.39 is 15.6 Å². The van der Waals surface area contributed by atoms with E-state index in [-0.39, 0.29) is 12.5 Å². The molecule has 6 nitrogen and oxygen atoms in total. The van der Waals surface area contributed by atoms with Crippen molar-refractivity contribution in [3.8, 4) is 0 Å². The lowest BCUT2D eigenvalue weighted by Crippen LogP contribution is -2.51. The predicted octanol–water partition coefficient (Wildman–Crippen LogP) is 0.635. The number of rotatable bonds is 5. The largest absolute Gasteiger partial charge is 0.399 e. The summed E-state index contributed by atoms with van der Waals surface area (Å²) in [7, 11) is -3.33. The maximum absolute atomic E-state index is 12.1. The Balaban J connectivity index is 2.72. The van der Waals surface area contributed by atoms with E-state index in [1.807, 2.05) is 0 Å². The Morgan fingerprint density at radius 2 is 1.95 bits per heavy atom. The zero-order valence-electron chi connectivity index (χ0n) is 12.1. The lowest BCUT2D eigenvalue weighted by atomic mass is 10.1. The van der Waals surface area contributed by atoms with Gasteiger partial charge >= 0.3 is 0 Å². The molecular weight excluding hydrogens is 278 g/mol. The van der Waals surface area contributed by atoms with Crippen LogP contribution in [-0.2, 0) is 10.0 Å². The van der Waals surface area contributed by atoms with Crippen LogP contribution in [0.2, 0.25) is 0 Å². The number of carbonyl (C=O) groups excluding carboxylic acids is 1. The van der Waals surface area contributed by atoms with Gasteiger partial charge in [-0.05, 0) is 44.5 Å². The van der Waals surface area contributed by atoms with Crippen molar-refractivity contribution in [1.29, 1.82) is 0 Å². The second-order valence-corrected chi connectivity index (χ2v) is 7.26. The topological polar surface area (TPSA) is 101 Å². The van der Waals surface area contributed by atoms with Crippen LogP contribution in [0, 0.1) is 6.92 Å². The van der Waals surface area contributed by atoms with Gasteiger partial charge in [-0.15, -0.1) is 0 Å². The van der Waals surface area contributed by atoms with Crippen molar-refractivity contribution in [3.63, 3.8) is 0 Å². The van der Waals surface area contributed by atoms with Crippen LogP contribution in [0.25, 0.3) is 0 Å². The Labute approximate surface area is 119 Å². The molecule has 0 bridgehead atoms. The zero-order chi connectivity index (χ0) is 15.6. The van der Waals surface area contributed by atoms with Gasteiger partial charge in [-0.25, -0.2) is 13.1 Å². The monoisotopic (exact) mass is 299 g/mol. The second kappa shape index (κ2) is 5.80. The van der Waals surface area contributed by atoms with Gasteiger partial charge in [-0.1, -0.05) is 0 Å². The van der Waals surface area contributed by atoms with Crippen LogP contribution in [0.3, 0.4) is 0 Å². The molecule has 112 valence electrons. The van der Waals surface area contributed by atoms with Gasteiger partial charge in [-0.3, -0.25) is 4.79 Å². The minimum Gasteiger partial charge on any atom is -0.399 e. The highest BCUT2D eigenvalue weighted by Gasteiger charge is 2.23. The standard InChI is InChI=1S/C13H21N3O3S/c1-9-7-10(14)5-6-11(9)12(17)15-8-13(2,3)16-20(4,18)19/h5-7,16H,8,14H2,1-4H3,(H,15,17). The number of hydrogen-bond donors (Lipinski definition) is 3. The van der Waals surface area contributed by atoms with Crippen molar-refractivity contribution >= 4 is 21.6 Å². The van der Waals surface area contributed by atoms with Crippen molar-refractivity contribution in [2.45, 2.75) is 26.3 Å². The smallest absolute Gasteiger partial charge is 0.251 e.